The van der Waals surface area contributed by atoms with Gasteiger partial charge in [0.1, 0.15) is 5.75 Å². The molecular formula is C21H22Cl2N2O3. The molecular weight excluding hydrogens is 399 g/mol. The molecule has 2 aromatic rings. The Labute approximate surface area is 174 Å². The molecule has 1 saturated heterocycles. The summed E-state index contributed by atoms with van der Waals surface area (Å²) in [6, 6.07) is 12.0. The molecule has 0 radical (unpaired) electrons. The van der Waals surface area contributed by atoms with Crippen LogP contribution in [0, 0.1) is 0 Å². The lowest BCUT2D eigenvalue weighted by Crippen LogP contribution is -2.37. The van der Waals surface area contributed by atoms with Gasteiger partial charge in [-0.2, -0.15) is 0 Å². The summed E-state index contributed by atoms with van der Waals surface area (Å²) in [5, 5.41) is 0.843. The number of halogens is 2. The van der Waals surface area contributed by atoms with Gasteiger partial charge in [-0.05, 0) is 55.8 Å². The summed E-state index contributed by atoms with van der Waals surface area (Å²) in [4.78, 5) is 29.2. The summed E-state index contributed by atoms with van der Waals surface area (Å²) in [7, 11) is 0. The maximum Gasteiger partial charge on any atom is 0.255 e. The molecule has 3 rings (SSSR count). The molecule has 0 spiro atoms. The first-order valence-electron chi connectivity index (χ1n) is 9.26. The van der Waals surface area contributed by atoms with E-state index in [-0.39, 0.29) is 11.8 Å². The van der Waals surface area contributed by atoms with Crippen LogP contribution in [-0.2, 0) is 0 Å². The fourth-order valence-corrected chi connectivity index (χ4v) is 3.57. The maximum absolute atomic E-state index is 12.8. The summed E-state index contributed by atoms with van der Waals surface area (Å²) in [5.74, 6) is 0.533. The van der Waals surface area contributed by atoms with Crippen LogP contribution in [0.4, 0.5) is 0 Å². The van der Waals surface area contributed by atoms with Crippen molar-refractivity contribution in [2.24, 2.45) is 0 Å². The molecule has 1 fully saturated rings. The number of ether oxygens (including phenoxy) is 1. The van der Waals surface area contributed by atoms with Crippen LogP contribution in [0.3, 0.4) is 0 Å². The molecule has 2 aromatic carbocycles. The van der Waals surface area contributed by atoms with Crippen LogP contribution >= 0.6 is 23.2 Å². The third kappa shape index (κ3) is 4.78. The summed E-state index contributed by atoms with van der Waals surface area (Å²) in [6.45, 7) is 4.58. The quantitative estimate of drug-likeness (QED) is 0.736. The Kier molecular flexibility index (Phi) is 6.81. The number of benzene rings is 2. The Hall–Kier alpha value is -2.24. The number of carbonyl (C=O) groups is 2. The molecule has 1 aliphatic rings. The molecule has 28 heavy (non-hydrogen) atoms. The highest BCUT2D eigenvalue weighted by atomic mass is 35.5. The van der Waals surface area contributed by atoms with Gasteiger partial charge in [0.2, 0.25) is 0 Å². The normalized spacial score (nSPS) is 14.5. The standard InChI is InChI=1S/C21H22Cl2N2O3/c1-2-28-17-7-4-15(5-8-17)20(26)24-10-3-11-25(13-12-24)21(27)18-14-16(22)6-9-19(18)23/h4-9,14H,2-3,10-13H2,1H3. The van der Waals surface area contributed by atoms with E-state index in [0.717, 1.165) is 5.75 Å². The highest BCUT2D eigenvalue weighted by Gasteiger charge is 2.24. The van der Waals surface area contributed by atoms with Crippen LogP contribution in [0.2, 0.25) is 10.0 Å². The van der Waals surface area contributed by atoms with Crippen LogP contribution in [0.15, 0.2) is 42.5 Å². The first-order chi connectivity index (χ1) is 13.5. The van der Waals surface area contributed by atoms with Gasteiger partial charge in [-0.25, -0.2) is 0 Å². The van der Waals surface area contributed by atoms with E-state index in [9.17, 15) is 9.59 Å². The molecule has 0 saturated carbocycles. The van der Waals surface area contributed by atoms with Crippen LogP contribution < -0.4 is 4.74 Å². The van der Waals surface area contributed by atoms with Crippen LogP contribution in [0.5, 0.6) is 5.75 Å². The third-order valence-electron chi connectivity index (χ3n) is 4.64. The second-order valence-electron chi connectivity index (χ2n) is 6.52. The number of carbonyl (C=O) groups excluding carboxylic acids is 2. The Balaban J connectivity index is 1.66. The number of rotatable bonds is 4. The number of hydrogen-bond acceptors (Lipinski definition) is 3. The van der Waals surface area contributed by atoms with Crippen molar-refractivity contribution in [1.29, 1.82) is 0 Å². The lowest BCUT2D eigenvalue weighted by Gasteiger charge is -2.23. The highest BCUT2D eigenvalue weighted by molar-refractivity contribution is 6.35. The van der Waals surface area contributed by atoms with E-state index in [1.165, 1.54) is 0 Å². The summed E-state index contributed by atoms with van der Waals surface area (Å²) in [6.07, 6.45) is 0.701. The minimum Gasteiger partial charge on any atom is -0.494 e. The van der Waals surface area contributed by atoms with Gasteiger partial charge in [0.05, 0.1) is 17.2 Å². The highest BCUT2D eigenvalue weighted by Crippen LogP contribution is 2.23. The van der Waals surface area contributed by atoms with Crippen molar-refractivity contribution in [2.75, 3.05) is 32.8 Å². The van der Waals surface area contributed by atoms with E-state index >= 15 is 0 Å². The van der Waals surface area contributed by atoms with Crippen molar-refractivity contribution in [3.05, 3.63) is 63.6 Å². The van der Waals surface area contributed by atoms with Crippen LogP contribution in [0.1, 0.15) is 34.1 Å². The second kappa shape index (κ2) is 9.30. The number of nitrogens with zero attached hydrogens (tertiary/aromatic N) is 2. The topological polar surface area (TPSA) is 49.9 Å². The molecule has 148 valence electrons. The van der Waals surface area contributed by atoms with Crippen LogP contribution in [-0.4, -0.2) is 54.4 Å². The van der Waals surface area contributed by atoms with Crippen molar-refractivity contribution in [2.45, 2.75) is 13.3 Å². The molecule has 1 aliphatic heterocycles. The molecule has 2 amide bonds. The van der Waals surface area contributed by atoms with E-state index in [1.807, 2.05) is 6.92 Å². The summed E-state index contributed by atoms with van der Waals surface area (Å²) in [5.41, 5.74) is 1.00. The van der Waals surface area contributed by atoms with Gasteiger partial charge in [-0.1, -0.05) is 23.2 Å². The van der Waals surface area contributed by atoms with E-state index in [0.29, 0.717) is 60.4 Å². The van der Waals surface area contributed by atoms with Gasteiger partial charge in [-0.3, -0.25) is 9.59 Å². The Morgan fingerprint density at radius 1 is 0.929 bits per heavy atom. The molecule has 0 unspecified atom stereocenters. The van der Waals surface area contributed by atoms with E-state index in [4.69, 9.17) is 27.9 Å². The van der Waals surface area contributed by atoms with Gasteiger partial charge in [0.15, 0.2) is 0 Å². The zero-order valence-electron chi connectivity index (χ0n) is 15.7. The molecule has 0 aromatic heterocycles. The maximum atomic E-state index is 12.8. The third-order valence-corrected chi connectivity index (χ3v) is 5.21. The SMILES string of the molecule is CCOc1ccc(C(=O)N2CCCN(C(=O)c3cc(Cl)ccc3Cl)CC2)cc1. The summed E-state index contributed by atoms with van der Waals surface area (Å²) >= 11 is 12.2. The average molecular weight is 421 g/mol. The molecule has 0 N–H and O–H groups in total. The zero-order valence-corrected chi connectivity index (χ0v) is 17.2. The average Bonchev–Trinajstić information content (AvgIpc) is 2.96. The van der Waals surface area contributed by atoms with E-state index in [1.54, 1.807) is 52.3 Å². The van der Waals surface area contributed by atoms with Gasteiger partial charge in [0, 0.05) is 36.8 Å². The van der Waals surface area contributed by atoms with Gasteiger partial charge in [0.25, 0.3) is 11.8 Å². The second-order valence-corrected chi connectivity index (χ2v) is 7.36. The zero-order chi connectivity index (χ0) is 20.1. The number of hydrogen-bond donors (Lipinski definition) is 0. The van der Waals surface area contributed by atoms with Gasteiger partial charge < -0.3 is 14.5 Å². The molecule has 7 heteroatoms. The largest absolute Gasteiger partial charge is 0.494 e. The van der Waals surface area contributed by atoms with Crippen molar-refractivity contribution in [1.82, 2.24) is 9.80 Å². The van der Waals surface area contributed by atoms with Gasteiger partial charge >= 0.3 is 0 Å². The molecule has 5 nitrogen and oxygen atoms in total. The Bertz CT molecular complexity index is 855. The van der Waals surface area contributed by atoms with Crippen molar-refractivity contribution in [3.63, 3.8) is 0 Å². The fraction of sp³-hybridized carbons (Fsp3) is 0.333. The van der Waals surface area contributed by atoms with Crippen molar-refractivity contribution in [3.8, 4) is 5.75 Å². The predicted octanol–water partition coefficient (Wildman–Crippen LogP) is 4.38. The first kappa shape index (κ1) is 20.5. The smallest absolute Gasteiger partial charge is 0.255 e. The molecule has 1 heterocycles. The van der Waals surface area contributed by atoms with E-state index in [2.05, 4.69) is 0 Å². The van der Waals surface area contributed by atoms with Crippen molar-refractivity contribution < 1.29 is 14.3 Å². The number of amides is 2. The molecule has 0 bridgehead atoms. The fourth-order valence-electron chi connectivity index (χ4n) is 3.20. The Morgan fingerprint density at radius 3 is 2.21 bits per heavy atom. The minimum absolute atomic E-state index is 0.0434. The molecule has 0 aliphatic carbocycles. The Morgan fingerprint density at radius 2 is 1.57 bits per heavy atom. The lowest BCUT2D eigenvalue weighted by atomic mass is 10.2. The van der Waals surface area contributed by atoms with Crippen molar-refractivity contribution >= 4 is 35.0 Å². The van der Waals surface area contributed by atoms with E-state index < -0.39 is 0 Å². The minimum atomic E-state index is -0.164. The first-order valence-corrected chi connectivity index (χ1v) is 10.0. The molecule has 0 atom stereocenters. The monoisotopic (exact) mass is 420 g/mol. The van der Waals surface area contributed by atoms with Gasteiger partial charge in [-0.15, -0.1) is 0 Å². The van der Waals surface area contributed by atoms with Crippen LogP contribution in [0.25, 0.3) is 0 Å². The predicted molar refractivity (Wildman–Crippen MR) is 110 cm³/mol. The summed E-state index contributed by atoms with van der Waals surface area (Å²) < 4.78 is 5.42. The lowest BCUT2D eigenvalue weighted by molar-refractivity contribution is 0.0719.